The van der Waals surface area contributed by atoms with E-state index in [-0.39, 0.29) is 11.8 Å². The number of amides is 1. The molecule has 1 amide bonds. The second-order valence-electron chi connectivity index (χ2n) is 5.38. The normalized spacial score (nSPS) is 11.9. The van der Waals surface area contributed by atoms with Crippen molar-refractivity contribution in [2.75, 3.05) is 12.8 Å². The Morgan fingerprint density at radius 3 is 2.62 bits per heavy atom. The third kappa shape index (κ3) is 4.31. The van der Waals surface area contributed by atoms with Gasteiger partial charge in [-0.3, -0.25) is 9.78 Å². The highest BCUT2D eigenvalue weighted by molar-refractivity contribution is 5.76. The van der Waals surface area contributed by atoms with E-state index in [4.69, 9.17) is 5.73 Å². The Kier molecular flexibility index (Phi) is 4.93. The molecular weight excluding hydrogens is 262 g/mol. The SMILES string of the molecule is CC(CC(=O)N(C)Cc1cccnc1)c1ccc(N)cc1. The zero-order valence-corrected chi connectivity index (χ0v) is 12.5. The molecule has 110 valence electrons. The van der Waals surface area contributed by atoms with E-state index in [1.54, 1.807) is 17.3 Å². The van der Waals surface area contributed by atoms with Crippen LogP contribution in [0.25, 0.3) is 0 Å². The third-order valence-electron chi connectivity index (χ3n) is 3.55. The Morgan fingerprint density at radius 2 is 2.00 bits per heavy atom. The highest BCUT2D eigenvalue weighted by Gasteiger charge is 2.15. The molecule has 4 heteroatoms. The molecule has 2 aromatic rings. The van der Waals surface area contributed by atoms with Crippen LogP contribution in [0.2, 0.25) is 0 Å². The summed E-state index contributed by atoms with van der Waals surface area (Å²) in [5.74, 6) is 0.303. The van der Waals surface area contributed by atoms with Gasteiger partial charge in [-0.15, -0.1) is 0 Å². The number of hydrogen-bond acceptors (Lipinski definition) is 3. The molecule has 0 spiro atoms. The number of carbonyl (C=O) groups is 1. The molecule has 0 saturated carbocycles. The molecule has 1 heterocycles. The van der Waals surface area contributed by atoms with Gasteiger partial charge in [-0.25, -0.2) is 0 Å². The summed E-state index contributed by atoms with van der Waals surface area (Å²) >= 11 is 0. The summed E-state index contributed by atoms with van der Waals surface area (Å²) in [6, 6.07) is 11.6. The molecule has 1 aromatic carbocycles. The number of nitrogens with zero attached hydrogens (tertiary/aromatic N) is 2. The first kappa shape index (κ1) is 15.0. The summed E-state index contributed by atoms with van der Waals surface area (Å²) in [4.78, 5) is 18.1. The number of aromatic nitrogens is 1. The fourth-order valence-electron chi connectivity index (χ4n) is 2.21. The fourth-order valence-corrected chi connectivity index (χ4v) is 2.21. The van der Waals surface area contributed by atoms with Crippen LogP contribution >= 0.6 is 0 Å². The summed E-state index contributed by atoms with van der Waals surface area (Å²) < 4.78 is 0. The lowest BCUT2D eigenvalue weighted by Crippen LogP contribution is -2.27. The van der Waals surface area contributed by atoms with Crippen molar-refractivity contribution in [2.45, 2.75) is 25.8 Å². The van der Waals surface area contributed by atoms with E-state index in [0.29, 0.717) is 13.0 Å². The van der Waals surface area contributed by atoms with Crippen molar-refractivity contribution in [2.24, 2.45) is 0 Å². The van der Waals surface area contributed by atoms with Gasteiger partial charge >= 0.3 is 0 Å². The molecule has 1 atom stereocenters. The molecule has 0 saturated heterocycles. The van der Waals surface area contributed by atoms with E-state index in [0.717, 1.165) is 16.8 Å². The maximum atomic E-state index is 12.3. The number of benzene rings is 1. The van der Waals surface area contributed by atoms with Crippen LogP contribution in [-0.2, 0) is 11.3 Å². The smallest absolute Gasteiger partial charge is 0.223 e. The first-order valence-corrected chi connectivity index (χ1v) is 7.04. The summed E-state index contributed by atoms with van der Waals surface area (Å²) in [7, 11) is 1.82. The number of pyridine rings is 1. The standard InChI is InChI=1S/C17H21N3O/c1-13(15-5-7-16(18)8-6-15)10-17(21)20(2)12-14-4-3-9-19-11-14/h3-9,11,13H,10,12,18H2,1-2H3. The largest absolute Gasteiger partial charge is 0.399 e. The monoisotopic (exact) mass is 283 g/mol. The predicted molar refractivity (Wildman–Crippen MR) is 84.6 cm³/mol. The molecule has 1 aromatic heterocycles. The molecule has 0 bridgehead atoms. The Labute approximate surface area is 125 Å². The molecule has 21 heavy (non-hydrogen) atoms. The van der Waals surface area contributed by atoms with Crippen LogP contribution < -0.4 is 5.73 Å². The van der Waals surface area contributed by atoms with Crippen molar-refractivity contribution in [1.82, 2.24) is 9.88 Å². The molecule has 0 aliphatic carbocycles. The lowest BCUT2D eigenvalue weighted by atomic mass is 9.97. The molecule has 2 rings (SSSR count). The summed E-state index contributed by atoms with van der Waals surface area (Å²) in [5.41, 5.74) is 8.59. The quantitative estimate of drug-likeness (QED) is 0.858. The summed E-state index contributed by atoms with van der Waals surface area (Å²) in [6.07, 6.45) is 4.00. The molecule has 2 N–H and O–H groups in total. The third-order valence-corrected chi connectivity index (χ3v) is 3.55. The number of anilines is 1. The van der Waals surface area contributed by atoms with Crippen molar-refractivity contribution in [3.05, 3.63) is 59.9 Å². The average Bonchev–Trinajstić information content (AvgIpc) is 2.48. The average molecular weight is 283 g/mol. The molecule has 0 aliphatic rings. The highest BCUT2D eigenvalue weighted by atomic mass is 16.2. The topological polar surface area (TPSA) is 59.2 Å². The first-order valence-electron chi connectivity index (χ1n) is 7.04. The first-order chi connectivity index (χ1) is 10.1. The van der Waals surface area contributed by atoms with Crippen LogP contribution in [0.4, 0.5) is 5.69 Å². The van der Waals surface area contributed by atoms with Crippen molar-refractivity contribution in [1.29, 1.82) is 0 Å². The number of nitrogens with two attached hydrogens (primary N) is 1. The fraction of sp³-hybridized carbons (Fsp3) is 0.294. The maximum absolute atomic E-state index is 12.3. The van der Waals surface area contributed by atoms with Gasteiger partial charge in [-0.1, -0.05) is 25.1 Å². The molecule has 4 nitrogen and oxygen atoms in total. The van der Waals surface area contributed by atoms with Gasteiger partial charge in [-0.2, -0.15) is 0 Å². The summed E-state index contributed by atoms with van der Waals surface area (Å²) in [5, 5.41) is 0. The Morgan fingerprint density at radius 1 is 1.29 bits per heavy atom. The van der Waals surface area contributed by atoms with Crippen molar-refractivity contribution in [3.8, 4) is 0 Å². The minimum absolute atomic E-state index is 0.128. The van der Waals surface area contributed by atoms with Gasteiger partial charge < -0.3 is 10.6 Å². The summed E-state index contributed by atoms with van der Waals surface area (Å²) in [6.45, 7) is 2.64. The number of rotatable bonds is 5. The van der Waals surface area contributed by atoms with Gasteiger partial charge in [0, 0.05) is 38.1 Å². The Balaban J connectivity index is 1.92. The van der Waals surface area contributed by atoms with E-state index in [2.05, 4.69) is 11.9 Å². The van der Waals surface area contributed by atoms with Crippen molar-refractivity contribution in [3.63, 3.8) is 0 Å². The van der Waals surface area contributed by atoms with Gasteiger partial charge in [0.1, 0.15) is 0 Å². The number of nitrogen functional groups attached to an aromatic ring is 1. The van der Waals surface area contributed by atoms with Crippen LogP contribution in [0.3, 0.4) is 0 Å². The zero-order chi connectivity index (χ0) is 15.2. The zero-order valence-electron chi connectivity index (χ0n) is 12.5. The molecule has 0 fully saturated rings. The van der Waals surface area contributed by atoms with E-state index < -0.39 is 0 Å². The van der Waals surface area contributed by atoms with Gasteiger partial charge in [-0.05, 0) is 35.2 Å². The van der Waals surface area contributed by atoms with Gasteiger partial charge in [0.15, 0.2) is 0 Å². The van der Waals surface area contributed by atoms with E-state index in [1.807, 2.05) is 43.4 Å². The van der Waals surface area contributed by atoms with Crippen molar-refractivity contribution < 1.29 is 4.79 Å². The predicted octanol–water partition coefficient (Wildman–Crippen LogP) is 2.82. The second kappa shape index (κ2) is 6.88. The van der Waals surface area contributed by atoms with Crippen LogP contribution in [0.1, 0.15) is 30.4 Å². The van der Waals surface area contributed by atoms with E-state index in [1.165, 1.54) is 0 Å². The lowest BCUT2D eigenvalue weighted by Gasteiger charge is -2.20. The van der Waals surface area contributed by atoms with Crippen LogP contribution in [0, 0.1) is 0 Å². The number of hydrogen-bond donors (Lipinski definition) is 1. The highest BCUT2D eigenvalue weighted by Crippen LogP contribution is 2.21. The second-order valence-corrected chi connectivity index (χ2v) is 5.38. The Hall–Kier alpha value is -2.36. The molecule has 0 aliphatic heterocycles. The van der Waals surface area contributed by atoms with E-state index in [9.17, 15) is 4.79 Å². The van der Waals surface area contributed by atoms with Gasteiger partial charge in [0.2, 0.25) is 5.91 Å². The van der Waals surface area contributed by atoms with E-state index >= 15 is 0 Å². The van der Waals surface area contributed by atoms with Crippen LogP contribution in [0.5, 0.6) is 0 Å². The minimum atomic E-state index is 0.128. The van der Waals surface area contributed by atoms with Crippen molar-refractivity contribution >= 4 is 11.6 Å². The minimum Gasteiger partial charge on any atom is -0.399 e. The maximum Gasteiger partial charge on any atom is 0.223 e. The lowest BCUT2D eigenvalue weighted by molar-refractivity contribution is -0.130. The molecular formula is C17H21N3O. The van der Waals surface area contributed by atoms with Gasteiger partial charge in [0.25, 0.3) is 0 Å². The number of carbonyl (C=O) groups excluding carboxylic acids is 1. The molecule has 1 unspecified atom stereocenters. The van der Waals surface area contributed by atoms with Gasteiger partial charge in [0.05, 0.1) is 0 Å². The van der Waals surface area contributed by atoms with Crippen LogP contribution in [0.15, 0.2) is 48.8 Å². The van der Waals surface area contributed by atoms with Crippen LogP contribution in [-0.4, -0.2) is 22.8 Å². The molecule has 0 radical (unpaired) electrons. The Bertz CT molecular complexity index is 581.